The van der Waals surface area contributed by atoms with E-state index in [-0.39, 0.29) is 16.0 Å². The highest BCUT2D eigenvalue weighted by molar-refractivity contribution is 7.99. The topological polar surface area (TPSA) is 72.2 Å². The number of thioether (sulfide) groups is 1. The van der Waals surface area contributed by atoms with Gasteiger partial charge in [0.05, 0.1) is 5.02 Å². The molecular formula is C12H17ClN2O2S2. The Morgan fingerprint density at radius 1 is 1.37 bits per heavy atom. The highest BCUT2D eigenvalue weighted by Gasteiger charge is 2.24. The molecule has 19 heavy (non-hydrogen) atoms. The summed E-state index contributed by atoms with van der Waals surface area (Å²) in [5, 5.41) is 0.212. The smallest absolute Gasteiger partial charge is 0.242 e. The first-order valence-electron chi connectivity index (χ1n) is 6.06. The molecule has 106 valence electrons. The van der Waals surface area contributed by atoms with Crippen LogP contribution in [0.2, 0.25) is 5.02 Å². The van der Waals surface area contributed by atoms with Crippen molar-refractivity contribution in [2.45, 2.75) is 30.7 Å². The minimum absolute atomic E-state index is 0.00940. The predicted molar refractivity (Wildman–Crippen MR) is 81.3 cm³/mol. The monoisotopic (exact) mass is 320 g/mol. The first-order chi connectivity index (χ1) is 8.90. The van der Waals surface area contributed by atoms with E-state index in [4.69, 9.17) is 17.3 Å². The molecule has 1 aromatic carbocycles. The lowest BCUT2D eigenvalue weighted by atomic mass is 10.2. The third-order valence-corrected chi connectivity index (χ3v) is 6.19. The molecule has 7 heteroatoms. The zero-order valence-corrected chi connectivity index (χ0v) is 13.0. The van der Waals surface area contributed by atoms with Gasteiger partial charge in [-0.15, -0.1) is 0 Å². The highest BCUT2D eigenvalue weighted by Crippen LogP contribution is 2.27. The van der Waals surface area contributed by atoms with Gasteiger partial charge in [-0.25, -0.2) is 13.1 Å². The number of nitrogen functional groups attached to an aromatic ring is 1. The number of halogens is 1. The van der Waals surface area contributed by atoms with E-state index in [0.717, 1.165) is 29.9 Å². The van der Waals surface area contributed by atoms with Crippen LogP contribution in [0.15, 0.2) is 17.0 Å². The van der Waals surface area contributed by atoms with Crippen LogP contribution in [0.4, 0.5) is 5.69 Å². The lowest BCUT2D eigenvalue weighted by Crippen LogP contribution is -2.37. The number of nitrogens with two attached hydrogens (primary N) is 1. The number of hydrogen-bond donors (Lipinski definition) is 2. The van der Waals surface area contributed by atoms with Gasteiger partial charge in [0, 0.05) is 11.7 Å². The molecule has 0 atom stereocenters. The molecule has 0 bridgehead atoms. The van der Waals surface area contributed by atoms with Gasteiger partial charge >= 0.3 is 0 Å². The van der Waals surface area contributed by atoms with Crippen molar-refractivity contribution in [1.82, 2.24) is 4.72 Å². The molecular weight excluding hydrogens is 304 g/mol. The summed E-state index contributed by atoms with van der Waals surface area (Å²) in [6.45, 7) is 1.80. The summed E-state index contributed by atoms with van der Waals surface area (Å²) < 4.78 is 27.4. The van der Waals surface area contributed by atoms with Crippen LogP contribution in [0.5, 0.6) is 0 Å². The van der Waals surface area contributed by atoms with Gasteiger partial charge in [0.25, 0.3) is 0 Å². The number of rotatable bonds is 3. The van der Waals surface area contributed by atoms with E-state index in [2.05, 4.69) is 4.72 Å². The largest absolute Gasteiger partial charge is 0.398 e. The van der Waals surface area contributed by atoms with Crippen LogP contribution in [0.3, 0.4) is 0 Å². The Morgan fingerprint density at radius 2 is 2.00 bits per heavy atom. The minimum Gasteiger partial charge on any atom is -0.398 e. The first-order valence-corrected chi connectivity index (χ1v) is 9.07. The number of benzene rings is 1. The molecule has 1 heterocycles. The summed E-state index contributed by atoms with van der Waals surface area (Å²) >= 11 is 7.87. The van der Waals surface area contributed by atoms with E-state index < -0.39 is 10.0 Å². The third-order valence-electron chi connectivity index (χ3n) is 3.15. The number of sulfonamides is 1. The lowest BCUT2D eigenvalue weighted by molar-refractivity contribution is 0.529. The molecule has 1 aliphatic rings. The van der Waals surface area contributed by atoms with Crippen LogP contribution < -0.4 is 10.5 Å². The van der Waals surface area contributed by atoms with Gasteiger partial charge in [0.1, 0.15) is 4.90 Å². The Labute approximate surface area is 123 Å². The molecule has 0 aromatic heterocycles. The van der Waals surface area contributed by atoms with Crippen molar-refractivity contribution < 1.29 is 8.42 Å². The fourth-order valence-electron chi connectivity index (χ4n) is 1.97. The van der Waals surface area contributed by atoms with Gasteiger partial charge in [-0.1, -0.05) is 11.6 Å². The molecule has 2 rings (SSSR count). The maximum Gasteiger partial charge on any atom is 0.242 e. The summed E-state index contributed by atoms with van der Waals surface area (Å²) in [5.41, 5.74) is 6.98. The second-order valence-electron chi connectivity index (χ2n) is 4.65. The fourth-order valence-corrected chi connectivity index (χ4v) is 5.00. The second-order valence-corrected chi connectivity index (χ2v) is 7.96. The zero-order valence-electron chi connectivity index (χ0n) is 10.6. The van der Waals surface area contributed by atoms with Crippen LogP contribution in [0.1, 0.15) is 18.4 Å². The SMILES string of the molecule is Cc1cc(Cl)c(S(=O)(=O)NC2CCSCC2)cc1N. The molecule has 0 amide bonds. The molecule has 1 aromatic rings. The number of aryl methyl sites for hydroxylation is 1. The van der Waals surface area contributed by atoms with Crippen molar-refractivity contribution in [1.29, 1.82) is 0 Å². The van der Waals surface area contributed by atoms with Gasteiger partial charge in [-0.05, 0) is 49.0 Å². The van der Waals surface area contributed by atoms with Gasteiger partial charge in [0.15, 0.2) is 0 Å². The fraction of sp³-hybridized carbons (Fsp3) is 0.500. The molecule has 4 nitrogen and oxygen atoms in total. The minimum atomic E-state index is -3.60. The Morgan fingerprint density at radius 3 is 2.63 bits per heavy atom. The van der Waals surface area contributed by atoms with Crippen molar-refractivity contribution in [3.63, 3.8) is 0 Å². The normalized spacial score (nSPS) is 17.6. The van der Waals surface area contributed by atoms with E-state index in [1.165, 1.54) is 6.07 Å². The maximum atomic E-state index is 12.3. The van der Waals surface area contributed by atoms with Crippen LogP contribution >= 0.6 is 23.4 Å². The van der Waals surface area contributed by atoms with Gasteiger partial charge < -0.3 is 5.73 Å². The van der Waals surface area contributed by atoms with Crippen molar-refractivity contribution in [3.8, 4) is 0 Å². The van der Waals surface area contributed by atoms with Crippen LogP contribution in [-0.2, 0) is 10.0 Å². The molecule has 0 radical (unpaired) electrons. The Bertz CT molecular complexity index is 569. The van der Waals surface area contributed by atoms with Crippen LogP contribution in [0.25, 0.3) is 0 Å². The zero-order chi connectivity index (χ0) is 14.0. The number of hydrogen-bond acceptors (Lipinski definition) is 4. The van der Waals surface area contributed by atoms with Gasteiger partial charge in [0.2, 0.25) is 10.0 Å². The van der Waals surface area contributed by atoms with E-state index in [1.807, 2.05) is 11.8 Å². The molecule has 3 N–H and O–H groups in total. The quantitative estimate of drug-likeness (QED) is 0.839. The molecule has 1 aliphatic heterocycles. The summed E-state index contributed by atoms with van der Waals surface area (Å²) in [7, 11) is -3.60. The Balaban J connectivity index is 2.26. The van der Waals surface area contributed by atoms with Gasteiger partial charge in [-0.2, -0.15) is 11.8 Å². The average molecular weight is 321 g/mol. The maximum absolute atomic E-state index is 12.3. The Kier molecular flexibility index (Phi) is 4.66. The van der Waals surface area contributed by atoms with Crippen molar-refractivity contribution in [3.05, 3.63) is 22.7 Å². The van der Waals surface area contributed by atoms with Crippen LogP contribution in [0, 0.1) is 6.92 Å². The van der Waals surface area contributed by atoms with Crippen molar-refractivity contribution in [2.24, 2.45) is 0 Å². The summed E-state index contributed by atoms with van der Waals surface area (Å²) in [6.07, 6.45) is 1.70. The third kappa shape index (κ3) is 3.56. The molecule has 0 unspecified atom stereocenters. The van der Waals surface area contributed by atoms with E-state index in [0.29, 0.717) is 5.69 Å². The first kappa shape index (κ1) is 15.0. The summed E-state index contributed by atoms with van der Waals surface area (Å²) in [4.78, 5) is 0.0653. The second kappa shape index (κ2) is 5.91. The molecule has 0 saturated carbocycles. The number of anilines is 1. The molecule has 0 spiro atoms. The van der Waals surface area contributed by atoms with Gasteiger partial charge in [-0.3, -0.25) is 0 Å². The summed E-state index contributed by atoms with van der Waals surface area (Å²) in [5.74, 6) is 1.97. The molecule has 1 fully saturated rings. The van der Waals surface area contributed by atoms with Crippen molar-refractivity contribution >= 4 is 39.1 Å². The van der Waals surface area contributed by atoms with Crippen molar-refractivity contribution in [2.75, 3.05) is 17.2 Å². The Hall–Kier alpha value is -0.430. The summed E-state index contributed by atoms with van der Waals surface area (Å²) in [6, 6.07) is 3.00. The predicted octanol–water partition coefficient (Wildman–Crippen LogP) is 2.40. The number of nitrogens with one attached hydrogen (secondary N) is 1. The highest BCUT2D eigenvalue weighted by atomic mass is 35.5. The van der Waals surface area contributed by atoms with Crippen LogP contribution in [-0.4, -0.2) is 26.0 Å². The average Bonchev–Trinajstić information content (AvgIpc) is 2.34. The lowest BCUT2D eigenvalue weighted by Gasteiger charge is -2.22. The molecule has 1 saturated heterocycles. The van der Waals surface area contributed by atoms with E-state index >= 15 is 0 Å². The molecule has 0 aliphatic carbocycles. The standard InChI is InChI=1S/C12H17ClN2O2S2/c1-8-6-10(13)12(7-11(8)14)19(16,17)15-9-2-4-18-5-3-9/h6-7,9,15H,2-5,14H2,1H3. The van der Waals surface area contributed by atoms with E-state index in [9.17, 15) is 8.42 Å². The van der Waals surface area contributed by atoms with E-state index in [1.54, 1.807) is 13.0 Å².